The van der Waals surface area contributed by atoms with E-state index in [0.717, 1.165) is 31.9 Å². The van der Waals surface area contributed by atoms with Gasteiger partial charge in [-0.1, -0.05) is 0 Å². The first kappa shape index (κ1) is 14.4. The molecule has 0 aliphatic carbocycles. The molecule has 5 heteroatoms. The van der Waals surface area contributed by atoms with E-state index >= 15 is 0 Å². The Morgan fingerprint density at radius 2 is 2.05 bits per heavy atom. The van der Waals surface area contributed by atoms with Crippen molar-refractivity contribution in [1.29, 1.82) is 0 Å². The second-order valence-corrected chi connectivity index (χ2v) is 5.72. The second kappa shape index (κ2) is 6.91. The van der Waals surface area contributed by atoms with Crippen LogP contribution in [0, 0.1) is 0 Å². The number of anilines is 2. The Morgan fingerprint density at radius 1 is 1.29 bits per heavy atom. The Bertz CT molecular complexity index is 463. The fraction of sp³-hybridized carbons (Fsp3) is 0.562. The Labute approximate surface area is 125 Å². The number of carbonyl (C=O) groups is 1. The maximum atomic E-state index is 12.0. The number of hydrogen-bond donors (Lipinski definition) is 2. The third-order valence-electron chi connectivity index (χ3n) is 4.05. The zero-order valence-electron chi connectivity index (χ0n) is 12.3. The van der Waals surface area contributed by atoms with Gasteiger partial charge in [-0.3, -0.25) is 4.79 Å². The minimum absolute atomic E-state index is 0.0342. The standard InChI is InChI=1S/C16H23N3O2/c20-16(11-14-12-21-10-7-17-14)18-13-3-5-15(6-4-13)19-8-1-2-9-19/h3-6,14,17H,1-2,7-12H2,(H,18,20). The lowest BCUT2D eigenvalue weighted by Gasteiger charge is -2.23. The molecule has 114 valence electrons. The van der Waals surface area contributed by atoms with Crippen LogP contribution in [-0.4, -0.2) is 44.8 Å². The van der Waals surface area contributed by atoms with E-state index in [1.165, 1.54) is 18.5 Å². The van der Waals surface area contributed by atoms with Crippen molar-refractivity contribution in [2.45, 2.75) is 25.3 Å². The number of nitrogens with zero attached hydrogens (tertiary/aromatic N) is 1. The third-order valence-corrected chi connectivity index (χ3v) is 4.05. The summed E-state index contributed by atoms with van der Waals surface area (Å²) >= 11 is 0. The molecule has 2 aliphatic rings. The lowest BCUT2D eigenvalue weighted by Crippen LogP contribution is -2.43. The molecule has 0 radical (unpaired) electrons. The molecule has 1 amide bonds. The molecule has 3 rings (SSSR count). The van der Waals surface area contributed by atoms with Gasteiger partial charge in [0.15, 0.2) is 0 Å². The maximum Gasteiger partial charge on any atom is 0.226 e. The van der Waals surface area contributed by atoms with Crippen LogP contribution in [0.2, 0.25) is 0 Å². The van der Waals surface area contributed by atoms with Gasteiger partial charge in [0.1, 0.15) is 0 Å². The first-order valence-electron chi connectivity index (χ1n) is 7.77. The smallest absolute Gasteiger partial charge is 0.226 e. The molecule has 2 fully saturated rings. The maximum absolute atomic E-state index is 12.0. The van der Waals surface area contributed by atoms with Crippen molar-refractivity contribution in [2.24, 2.45) is 0 Å². The monoisotopic (exact) mass is 289 g/mol. The molecule has 1 aromatic carbocycles. The molecular weight excluding hydrogens is 266 g/mol. The average Bonchev–Trinajstić information content (AvgIpc) is 3.03. The highest BCUT2D eigenvalue weighted by molar-refractivity contribution is 5.91. The Hall–Kier alpha value is -1.59. The summed E-state index contributed by atoms with van der Waals surface area (Å²) in [5.74, 6) is 0.0342. The van der Waals surface area contributed by atoms with Crippen molar-refractivity contribution in [2.75, 3.05) is 43.1 Å². The molecule has 1 atom stereocenters. The fourth-order valence-corrected chi connectivity index (χ4v) is 2.92. The molecule has 0 aromatic heterocycles. The second-order valence-electron chi connectivity index (χ2n) is 5.72. The normalized spacial score (nSPS) is 22.3. The molecular formula is C16H23N3O2. The van der Waals surface area contributed by atoms with Crippen LogP contribution in [0.5, 0.6) is 0 Å². The molecule has 1 aromatic rings. The SMILES string of the molecule is O=C(CC1COCCN1)Nc1ccc(N2CCCC2)cc1. The summed E-state index contributed by atoms with van der Waals surface area (Å²) in [6, 6.07) is 8.26. The van der Waals surface area contributed by atoms with Gasteiger partial charge in [-0.2, -0.15) is 0 Å². The van der Waals surface area contributed by atoms with Crippen molar-refractivity contribution in [3.05, 3.63) is 24.3 Å². The number of amides is 1. The summed E-state index contributed by atoms with van der Waals surface area (Å²) in [6.07, 6.45) is 3.00. The van der Waals surface area contributed by atoms with Crippen LogP contribution in [0.15, 0.2) is 24.3 Å². The molecule has 2 saturated heterocycles. The van der Waals surface area contributed by atoms with Gasteiger partial charge in [0.05, 0.1) is 13.2 Å². The number of morpholine rings is 1. The number of benzene rings is 1. The summed E-state index contributed by atoms with van der Waals surface area (Å²) < 4.78 is 5.36. The summed E-state index contributed by atoms with van der Waals surface area (Å²) in [7, 11) is 0. The number of hydrogen-bond acceptors (Lipinski definition) is 4. The Balaban J connectivity index is 1.50. The zero-order valence-corrected chi connectivity index (χ0v) is 12.3. The highest BCUT2D eigenvalue weighted by Gasteiger charge is 2.17. The quantitative estimate of drug-likeness (QED) is 0.884. The van der Waals surface area contributed by atoms with E-state index in [1.54, 1.807) is 0 Å². The minimum atomic E-state index is 0.0342. The first-order chi connectivity index (χ1) is 10.3. The lowest BCUT2D eigenvalue weighted by atomic mass is 10.2. The topological polar surface area (TPSA) is 53.6 Å². The van der Waals surface area contributed by atoms with Crippen LogP contribution in [0.1, 0.15) is 19.3 Å². The number of ether oxygens (including phenoxy) is 1. The van der Waals surface area contributed by atoms with E-state index in [1.807, 2.05) is 12.1 Å². The van der Waals surface area contributed by atoms with E-state index in [0.29, 0.717) is 13.0 Å². The molecule has 2 N–H and O–H groups in total. The Kier molecular flexibility index (Phi) is 4.72. The molecule has 0 bridgehead atoms. The molecule has 21 heavy (non-hydrogen) atoms. The summed E-state index contributed by atoms with van der Waals surface area (Å²) in [4.78, 5) is 14.4. The van der Waals surface area contributed by atoms with Gasteiger partial charge < -0.3 is 20.3 Å². The lowest BCUT2D eigenvalue weighted by molar-refractivity contribution is -0.117. The first-order valence-corrected chi connectivity index (χ1v) is 7.77. The van der Waals surface area contributed by atoms with Crippen LogP contribution in [0.25, 0.3) is 0 Å². The van der Waals surface area contributed by atoms with E-state index in [-0.39, 0.29) is 11.9 Å². The molecule has 0 saturated carbocycles. The highest BCUT2D eigenvalue weighted by atomic mass is 16.5. The van der Waals surface area contributed by atoms with Crippen molar-refractivity contribution >= 4 is 17.3 Å². The molecule has 1 unspecified atom stereocenters. The van der Waals surface area contributed by atoms with Gasteiger partial charge in [-0.05, 0) is 37.1 Å². The van der Waals surface area contributed by atoms with Crippen LogP contribution >= 0.6 is 0 Å². The van der Waals surface area contributed by atoms with Crippen molar-refractivity contribution in [1.82, 2.24) is 5.32 Å². The van der Waals surface area contributed by atoms with Crippen LogP contribution in [0.3, 0.4) is 0 Å². The van der Waals surface area contributed by atoms with E-state index in [4.69, 9.17) is 4.74 Å². The summed E-state index contributed by atoms with van der Waals surface area (Å²) in [5.41, 5.74) is 2.10. The Morgan fingerprint density at radius 3 is 2.71 bits per heavy atom. The third kappa shape index (κ3) is 3.95. The van der Waals surface area contributed by atoms with Gasteiger partial charge in [0.2, 0.25) is 5.91 Å². The molecule has 2 aliphatic heterocycles. The largest absolute Gasteiger partial charge is 0.378 e. The predicted octanol–water partition coefficient (Wildman–Crippen LogP) is 1.60. The van der Waals surface area contributed by atoms with Crippen LogP contribution in [-0.2, 0) is 9.53 Å². The molecule has 2 heterocycles. The van der Waals surface area contributed by atoms with Gasteiger partial charge in [-0.15, -0.1) is 0 Å². The van der Waals surface area contributed by atoms with Crippen LogP contribution in [0.4, 0.5) is 11.4 Å². The van der Waals surface area contributed by atoms with Gasteiger partial charge >= 0.3 is 0 Å². The van der Waals surface area contributed by atoms with Crippen LogP contribution < -0.4 is 15.5 Å². The number of rotatable bonds is 4. The average molecular weight is 289 g/mol. The summed E-state index contributed by atoms with van der Waals surface area (Å²) in [6.45, 7) is 4.44. The predicted molar refractivity (Wildman–Crippen MR) is 83.7 cm³/mol. The van der Waals surface area contributed by atoms with Crippen molar-refractivity contribution in [3.63, 3.8) is 0 Å². The highest BCUT2D eigenvalue weighted by Crippen LogP contribution is 2.22. The van der Waals surface area contributed by atoms with Crippen molar-refractivity contribution in [3.8, 4) is 0 Å². The van der Waals surface area contributed by atoms with Crippen molar-refractivity contribution < 1.29 is 9.53 Å². The van der Waals surface area contributed by atoms with Gasteiger partial charge in [0, 0.05) is 43.5 Å². The van der Waals surface area contributed by atoms with E-state index in [2.05, 4.69) is 27.7 Å². The fourth-order valence-electron chi connectivity index (χ4n) is 2.92. The number of nitrogens with one attached hydrogen (secondary N) is 2. The van der Waals surface area contributed by atoms with E-state index < -0.39 is 0 Å². The number of carbonyl (C=O) groups excluding carboxylic acids is 1. The van der Waals surface area contributed by atoms with Gasteiger partial charge in [0.25, 0.3) is 0 Å². The van der Waals surface area contributed by atoms with E-state index in [9.17, 15) is 4.79 Å². The molecule has 0 spiro atoms. The minimum Gasteiger partial charge on any atom is -0.378 e. The summed E-state index contributed by atoms with van der Waals surface area (Å²) in [5, 5.41) is 6.24. The zero-order chi connectivity index (χ0) is 14.5. The molecule has 5 nitrogen and oxygen atoms in total. The van der Waals surface area contributed by atoms with Gasteiger partial charge in [-0.25, -0.2) is 0 Å².